The van der Waals surface area contributed by atoms with Crippen LogP contribution in [0.25, 0.3) is 0 Å². The van der Waals surface area contributed by atoms with Crippen molar-refractivity contribution in [3.05, 3.63) is 65.4 Å². The monoisotopic (exact) mass is 460 g/mol. The van der Waals surface area contributed by atoms with Crippen LogP contribution < -0.4 is 14.8 Å². The van der Waals surface area contributed by atoms with Crippen LogP contribution in [0.2, 0.25) is 0 Å². The number of likely N-dealkylation sites (tertiary alicyclic amines) is 1. The van der Waals surface area contributed by atoms with Crippen molar-refractivity contribution in [2.75, 3.05) is 18.4 Å². The maximum Gasteiger partial charge on any atom is 0.257 e. The van der Waals surface area contributed by atoms with E-state index in [9.17, 15) is 9.59 Å². The summed E-state index contributed by atoms with van der Waals surface area (Å²) in [4.78, 5) is 27.4. The molecule has 3 aromatic rings. The van der Waals surface area contributed by atoms with Crippen molar-refractivity contribution in [2.24, 2.45) is 7.05 Å². The van der Waals surface area contributed by atoms with E-state index in [-0.39, 0.29) is 11.8 Å². The number of rotatable bonds is 5. The van der Waals surface area contributed by atoms with Crippen molar-refractivity contribution >= 4 is 17.6 Å². The molecule has 34 heavy (non-hydrogen) atoms. The average molecular weight is 461 g/mol. The SMILES string of the molecule is Cn1ccc(NC(=O)c2cc(Oc3ccc(C(=O)N4CCCC4)cc3)c3c(c2)OC(C)(C)C3)n1. The van der Waals surface area contributed by atoms with Gasteiger partial charge >= 0.3 is 0 Å². The molecule has 0 bridgehead atoms. The number of hydrogen-bond donors (Lipinski definition) is 1. The van der Waals surface area contributed by atoms with Gasteiger partial charge in [0.05, 0.1) is 0 Å². The Kier molecular flexibility index (Phi) is 5.51. The molecule has 0 unspecified atom stereocenters. The number of nitrogens with one attached hydrogen (secondary N) is 1. The van der Waals surface area contributed by atoms with Crippen LogP contribution in [0.1, 0.15) is 53.0 Å². The summed E-state index contributed by atoms with van der Waals surface area (Å²) >= 11 is 0. The third-order valence-electron chi connectivity index (χ3n) is 6.10. The molecule has 0 spiro atoms. The second kappa shape index (κ2) is 8.52. The van der Waals surface area contributed by atoms with Crippen molar-refractivity contribution < 1.29 is 19.1 Å². The first kappa shape index (κ1) is 22.0. The van der Waals surface area contributed by atoms with E-state index in [0.717, 1.165) is 31.5 Å². The van der Waals surface area contributed by atoms with E-state index in [1.807, 2.05) is 18.7 Å². The van der Waals surface area contributed by atoms with Crippen molar-refractivity contribution in [3.8, 4) is 17.2 Å². The quantitative estimate of drug-likeness (QED) is 0.609. The third-order valence-corrected chi connectivity index (χ3v) is 6.10. The van der Waals surface area contributed by atoms with Crippen LogP contribution in [0.15, 0.2) is 48.7 Å². The van der Waals surface area contributed by atoms with E-state index in [0.29, 0.717) is 40.6 Å². The fourth-order valence-electron chi connectivity index (χ4n) is 4.43. The third kappa shape index (κ3) is 4.48. The lowest BCUT2D eigenvalue weighted by Crippen LogP contribution is -2.27. The molecule has 176 valence electrons. The van der Waals surface area contributed by atoms with Gasteiger partial charge in [0.15, 0.2) is 5.82 Å². The number of carbonyl (C=O) groups excluding carboxylic acids is 2. The molecular formula is C26H28N4O4. The molecule has 0 radical (unpaired) electrons. The lowest BCUT2D eigenvalue weighted by Gasteiger charge is -2.16. The van der Waals surface area contributed by atoms with Gasteiger partial charge in [-0.25, -0.2) is 0 Å². The summed E-state index contributed by atoms with van der Waals surface area (Å²) in [6, 6.07) is 12.3. The highest BCUT2D eigenvalue weighted by Gasteiger charge is 2.34. The maximum atomic E-state index is 12.9. The van der Waals surface area contributed by atoms with E-state index in [2.05, 4.69) is 10.4 Å². The number of anilines is 1. The zero-order chi connectivity index (χ0) is 23.9. The zero-order valence-corrected chi connectivity index (χ0v) is 19.6. The van der Waals surface area contributed by atoms with Crippen molar-refractivity contribution in [1.82, 2.24) is 14.7 Å². The molecule has 3 heterocycles. The number of ether oxygens (including phenoxy) is 2. The summed E-state index contributed by atoms with van der Waals surface area (Å²) in [6.45, 7) is 5.63. The highest BCUT2D eigenvalue weighted by molar-refractivity contribution is 6.04. The number of fused-ring (bicyclic) bond motifs is 1. The lowest BCUT2D eigenvalue weighted by molar-refractivity contribution is 0.0792. The molecule has 1 saturated heterocycles. The smallest absolute Gasteiger partial charge is 0.257 e. The minimum absolute atomic E-state index is 0.0493. The largest absolute Gasteiger partial charge is 0.487 e. The number of nitrogens with zero attached hydrogens (tertiary/aromatic N) is 3. The Morgan fingerprint density at radius 2 is 1.79 bits per heavy atom. The molecular weight excluding hydrogens is 432 g/mol. The molecule has 1 N–H and O–H groups in total. The van der Waals surface area contributed by atoms with Crippen LogP contribution in [0, 0.1) is 0 Å². The Labute approximate surface area is 198 Å². The van der Waals surface area contributed by atoms with Gasteiger partial charge in [-0.05, 0) is 63.1 Å². The first-order chi connectivity index (χ1) is 16.3. The molecule has 2 aromatic carbocycles. The van der Waals surface area contributed by atoms with Crippen LogP contribution in [-0.4, -0.2) is 45.2 Å². The molecule has 2 aliphatic rings. The van der Waals surface area contributed by atoms with Crippen molar-refractivity contribution in [1.29, 1.82) is 0 Å². The predicted molar refractivity (Wildman–Crippen MR) is 128 cm³/mol. The van der Waals surface area contributed by atoms with E-state index < -0.39 is 5.60 Å². The van der Waals surface area contributed by atoms with Gasteiger partial charge in [0.2, 0.25) is 0 Å². The van der Waals surface area contributed by atoms with E-state index >= 15 is 0 Å². The number of aromatic nitrogens is 2. The Bertz CT molecular complexity index is 1240. The number of carbonyl (C=O) groups is 2. The van der Waals surface area contributed by atoms with Gasteiger partial charge in [-0.2, -0.15) is 5.10 Å². The van der Waals surface area contributed by atoms with Crippen LogP contribution in [0.3, 0.4) is 0 Å². The summed E-state index contributed by atoms with van der Waals surface area (Å²) in [5.41, 5.74) is 1.57. The number of hydrogen-bond acceptors (Lipinski definition) is 5. The van der Waals surface area contributed by atoms with Gasteiger partial charge in [0.1, 0.15) is 22.8 Å². The molecule has 1 fully saturated rings. The van der Waals surface area contributed by atoms with Crippen LogP contribution in [0.5, 0.6) is 17.2 Å². The van der Waals surface area contributed by atoms with Crippen LogP contribution in [0.4, 0.5) is 5.82 Å². The number of aryl methyl sites for hydroxylation is 1. The van der Waals surface area contributed by atoms with Gasteiger partial charge in [0, 0.05) is 55.5 Å². The minimum Gasteiger partial charge on any atom is -0.487 e. The Morgan fingerprint density at radius 1 is 1.06 bits per heavy atom. The highest BCUT2D eigenvalue weighted by atomic mass is 16.5. The summed E-state index contributed by atoms with van der Waals surface area (Å²) in [6.07, 6.45) is 4.53. The molecule has 8 heteroatoms. The fraction of sp³-hybridized carbons (Fsp3) is 0.346. The Morgan fingerprint density at radius 3 is 2.47 bits per heavy atom. The minimum atomic E-state index is -0.400. The summed E-state index contributed by atoms with van der Waals surface area (Å²) in [5.74, 6) is 2.00. The predicted octanol–water partition coefficient (Wildman–Crippen LogP) is 4.41. The van der Waals surface area contributed by atoms with E-state index in [1.54, 1.807) is 60.4 Å². The Hall–Kier alpha value is -3.81. The highest BCUT2D eigenvalue weighted by Crippen LogP contribution is 2.43. The van der Waals surface area contributed by atoms with E-state index in [4.69, 9.17) is 9.47 Å². The molecule has 2 amide bonds. The Balaban J connectivity index is 1.40. The summed E-state index contributed by atoms with van der Waals surface area (Å²) in [5, 5.41) is 7.01. The second-order valence-corrected chi connectivity index (χ2v) is 9.44. The maximum absolute atomic E-state index is 12.9. The molecule has 0 aliphatic carbocycles. The standard InChI is InChI=1S/C26H28N4O4/c1-26(2)16-20-21(33-19-8-6-17(7-9-19)25(32)30-11-4-5-12-30)14-18(15-22(20)34-26)24(31)27-23-10-13-29(3)28-23/h6-10,13-15H,4-5,11-12,16H2,1-3H3,(H,27,28,31). The zero-order valence-electron chi connectivity index (χ0n) is 19.6. The van der Waals surface area contributed by atoms with Crippen molar-refractivity contribution in [3.63, 3.8) is 0 Å². The van der Waals surface area contributed by atoms with Crippen LogP contribution in [-0.2, 0) is 13.5 Å². The average Bonchev–Trinajstić information content (AvgIpc) is 3.53. The normalized spacial score (nSPS) is 16.1. The molecule has 0 saturated carbocycles. The van der Waals surface area contributed by atoms with Gasteiger partial charge in [0.25, 0.3) is 11.8 Å². The topological polar surface area (TPSA) is 85.7 Å². The van der Waals surface area contributed by atoms with Gasteiger partial charge in [-0.15, -0.1) is 0 Å². The van der Waals surface area contributed by atoms with E-state index in [1.165, 1.54) is 0 Å². The molecule has 0 atom stereocenters. The molecule has 2 aliphatic heterocycles. The molecule has 8 nitrogen and oxygen atoms in total. The molecule has 5 rings (SSSR count). The van der Waals surface area contributed by atoms with Crippen LogP contribution >= 0.6 is 0 Å². The summed E-state index contributed by atoms with van der Waals surface area (Å²) < 4.78 is 13.9. The van der Waals surface area contributed by atoms with Gasteiger partial charge < -0.3 is 19.7 Å². The second-order valence-electron chi connectivity index (χ2n) is 9.44. The van der Waals surface area contributed by atoms with Gasteiger partial charge in [-0.1, -0.05) is 0 Å². The first-order valence-corrected chi connectivity index (χ1v) is 11.5. The number of benzene rings is 2. The molecule has 1 aromatic heterocycles. The summed E-state index contributed by atoms with van der Waals surface area (Å²) in [7, 11) is 1.79. The number of amides is 2. The van der Waals surface area contributed by atoms with Gasteiger partial charge in [-0.3, -0.25) is 14.3 Å². The first-order valence-electron chi connectivity index (χ1n) is 11.5. The fourth-order valence-corrected chi connectivity index (χ4v) is 4.43. The van der Waals surface area contributed by atoms with Crippen molar-refractivity contribution in [2.45, 2.75) is 38.7 Å². The lowest BCUT2D eigenvalue weighted by atomic mass is 9.99.